The summed E-state index contributed by atoms with van der Waals surface area (Å²) in [5.74, 6) is 0.327. The zero-order valence-electron chi connectivity index (χ0n) is 16.7. The Hall–Kier alpha value is -4.01. The zero-order chi connectivity index (χ0) is 21.2. The molecule has 5 heterocycles. The van der Waals surface area contributed by atoms with Gasteiger partial charge >= 0.3 is 0 Å². The molecule has 3 aromatic heterocycles. The van der Waals surface area contributed by atoms with Gasteiger partial charge in [0.15, 0.2) is 5.65 Å². The number of likely N-dealkylation sites (tertiary alicyclic amines) is 1. The van der Waals surface area contributed by atoms with Gasteiger partial charge in [-0.1, -0.05) is 18.2 Å². The van der Waals surface area contributed by atoms with Crippen LogP contribution >= 0.6 is 0 Å². The number of hydrogen-bond donors (Lipinski definition) is 2. The van der Waals surface area contributed by atoms with Crippen molar-refractivity contribution in [1.29, 1.82) is 0 Å². The Labute approximate surface area is 177 Å². The smallest absolute Gasteiger partial charge is 0.273 e. The fourth-order valence-electron chi connectivity index (χ4n) is 5.00. The van der Waals surface area contributed by atoms with E-state index in [1.165, 1.54) is 0 Å². The predicted molar refractivity (Wildman–Crippen MR) is 112 cm³/mol. The van der Waals surface area contributed by atoms with E-state index in [1.54, 1.807) is 23.4 Å². The van der Waals surface area contributed by atoms with Crippen molar-refractivity contribution in [3.63, 3.8) is 0 Å². The minimum Gasteiger partial charge on any atom is -0.336 e. The van der Waals surface area contributed by atoms with Gasteiger partial charge in [-0.15, -0.1) is 0 Å². The molecule has 1 spiro atoms. The van der Waals surface area contributed by atoms with E-state index in [0.29, 0.717) is 30.1 Å². The molecule has 6 rings (SSSR count). The molecule has 4 aromatic rings. The monoisotopic (exact) mass is 413 g/mol. The molecule has 0 saturated carbocycles. The Bertz CT molecular complexity index is 1360. The first-order chi connectivity index (χ1) is 15.1. The maximum absolute atomic E-state index is 13.6. The number of fused-ring (bicyclic) bond motifs is 3. The van der Waals surface area contributed by atoms with Gasteiger partial charge in [0, 0.05) is 37.1 Å². The average Bonchev–Trinajstić information content (AvgIpc) is 3.54. The number of imidazole rings is 1. The lowest BCUT2D eigenvalue weighted by molar-refractivity contribution is -0.121. The number of amides is 2. The highest BCUT2D eigenvalue weighted by molar-refractivity contribution is 6.08. The highest BCUT2D eigenvalue weighted by Crippen LogP contribution is 2.54. The van der Waals surface area contributed by atoms with Crippen molar-refractivity contribution < 1.29 is 9.59 Å². The Kier molecular flexibility index (Phi) is 3.59. The normalized spacial score (nSPS) is 22.3. The maximum Gasteiger partial charge on any atom is 0.273 e. The minimum atomic E-state index is -0.899. The molecule has 2 atom stereocenters. The zero-order valence-corrected chi connectivity index (χ0v) is 16.7. The average molecular weight is 413 g/mol. The summed E-state index contributed by atoms with van der Waals surface area (Å²) in [5.41, 5.74) is 1.65. The number of nitrogens with zero attached hydrogens (tertiary/aromatic N) is 5. The summed E-state index contributed by atoms with van der Waals surface area (Å²) in [5, 5.41) is 10.6. The van der Waals surface area contributed by atoms with Gasteiger partial charge in [-0.2, -0.15) is 5.10 Å². The number of rotatable bonds is 2. The number of nitrogens with one attached hydrogen (secondary N) is 2. The van der Waals surface area contributed by atoms with Crippen LogP contribution < -0.4 is 5.32 Å². The van der Waals surface area contributed by atoms with Crippen LogP contribution in [0.5, 0.6) is 0 Å². The first-order valence-corrected chi connectivity index (χ1v) is 10.1. The second kappa shape index (κ2) is 6.24. The van der Waals surface area contributed by atoms with Crippen molar-refractivity contribution in [2.75, 3.05) is 11.9 Å². The summed E-state index contributed by atoms with van der Waals surface area (Å²) in [7, 11) is 1.88. The Morgan fingerprint density at radius 2 is 2.10 bits per heavy atom. The summed E-state index contributed by atoms with van der Waals surface area (Å²) in [6.45, 7) is 0.417. The Morgan fingerprint density at radius 1 is 1.23 bits per heavy atom. The van der Waals surface area contributed by atoms with E-state index in [-0.39, 0.29) is 11.8 Å². The van der Waals surface area contributed by atoms with Crippen molar-refractivity contribution in [3.05, 3.63) is 72.1 Å². The van der Waals surface area contributed by atoms with Crippen LogP contribution in [0.3, 0.4) is 0 Å². The predicted octanol–water partition coefficient (Wildman–Crippen LogP) is 2.17. The van der Waals surface area contributed by atoms with Gasteiger partial charge in [-0.25, -0.2) is 9.97 Å². The number of pyridine rings is 1. The molecular formula is C22H19N7O2. The van der Waals surface area contributed by atoms with E-state index in [1.807, 2.05) is 48.1 Å². The molecule has 2 aliphatic heterocycles. The number of H-pyrrole nitrogens is 1. The molecule has 9 heteroatoms. The summed E-state index contributed by atoms with van der Waals surface area (Å²) < 4.78 is 1.87. The van der Waals surface area contributed by atoms with Crippen LogP contribution in [0.4, 0.5) is 5.69 Å². The molecule has 1 saturated heterocycles. The molecule has 31 heavy (non-hydrogen) atoms. The van der Waals surface area contributed by atoms with E-state index >= 15 is 0 Å². The maximum atomic E-state index is 13.6. The number of carbonyl (C=O) groups excluding carboxylic acids is 2. The third-order valence-corrected chi connectivity index (χ3v) is 6.47. The number of aryl methyl sites for hydroxylation is 1. The number of anilines is 1. The first kappa shape index (κ1) is 17.8. The number of para-hydroxylation sites is 1. The van der Waals surface area contributed by atoms with Gasteiger partial charge in [0.05, 0.1) is 6.20 Å². The summed E-state index contributed by atoms with van der Waals surface area (Å²) >= 11 is 0. The summed E-state index contributed by atoms with van der Waals surface area (Å²) in [6, 6.07) is 10.6. The fraction of sp³-hybridized carbons (Fsp3) is 0.227. The Balaban J connectivity index is 1.51. The third-order valence-electron chi connectivity index (χ3n) is 6.47. The molecule has 2 aliphatic rings. The van der Waals surface area contributed by atoms with Gasteiger partial charge in [-0.05, 0) is 30.2 Å². The molecule has 2 N–H and O–H groups in total. The fourth-order valence-corrected chi connectivity index (χ4v) is 5.00. The van der Waals surface area contributed by atoms with Crippen LogP contribution in [-0.4, -0.2) is 48.0 Å². The molecule has 0 bridgehead atoms. The quantitative estimate of drug-likeness (QED) is 0.524. The lowest BCUT2D eigenvalue weighted by Gasteiger charge is -2.33. The number of aromatic nitrogens is 5. The van der Waals surface area contributed by atoms with Crippen LogP contribution in [0.2, 0.25) is 0 Å². The summed E-state index contributed by atoms with van der Waals surface area (Å²) in [4.78, 5) is 37.8. The highest BCUT2D eigenvalue weighted by atomic mass is 16.2. The largest absolute Gasteiger partial charge is 0.336 e. The topological polar surface area (TPSA) is 109 Å². The van der Waals surface area contributed by atoms with Crippen LogP contribution in [-0.2, 0) is 17.3 Å². The molecule has 1 fully saturated rings. The van der Waals surface area contributed by atoms with Crippen molar-refractivity contribution in [1.82, 2.24) is 29.6 Å². The van der Waals surface area contributed by atoms with Crippen LogP contribution in [0.1, 0.15) is 34.3 Å². The van der Waals surface area contributed by atoms with E-state index in [4.69, 9.17) is 0 Å². The van der Waals surface area contributed by atoms with E-state index in [2.05, 4.69) is 25.5 Å². The van der Waals surface area contributed by atoms with Gasteiger partial charge in [-0.3, -0.25) is 14.7 Å². The first-order valence-electron chi connectivity index (χ1n) is 10.1. The Morgan fingerprint density at radius 3 is 2.94 bits per heavy atom. The van der Waals surface area contributed by atoms with Crippen LogP contribution in [0.25, 0.3) is 11.0 Å². The lowest BCUT2D eigenvalue weighted by Crippen LogP contribution is -2.44. The second-order valence-corrected chi connectivity index (χ2v) is 8.02. The highest BCUT2D eigenvalue weighted by Gasteiger charge is 2.60. The number of carbonyl (C=O) groups is 2. The van der Waals surface area contributed by atoms with Crippen molar-refractivity contribution >= 4 is 28.5 Å². The molecule has 2 amide bonds. The molecule has 0 radical (unpaired) electrons. The van der Waals surface area contributed by atoms with Crippen molar-refractivity contribution in [2.45, 2.75) is 17.9 Å². The van der Waals surface area contributed by atoms with E-state index in [9.17, 15) is 9.59 Å². The number of benzene rings is 1. The van der Waals surface area contributed by atoms with Crippen LogP contribution in [0, 0.1) is 0 Å². The van der Waals surface area contributed by atoms with E-state index in [0.717, 1.165) is 16.6 Å². The molecule has 0 aliphatic carbocycles. The second-order valence-electron chi connectivity index (χ2n) is 8.02. The molecule has 154 valence electrons. The summed E-state index contributed by atoms with van der Waals surface area (Å²) in [6.07, 6.45) is 5.69. The minimum absolute atomic E-state index is 0.103. The SMILES string of the molecule is Cn1ccnc1[C@@H]1N(C(=O)c2ccc3cn[nH]c3n2)CC[C@]12C(=O)Nc1ccccc12. The molecular weight excluding hydrogens is 394 g/mol. The third kappa shape index (κ3) is 2.34. The van der Waals surface area contributed by atoms with E-state index < -0.39 is 11.5 Å². The van der Waals surface area contributed by atoms with Crippen molar-refractivity contribution in [2.24, 2.45) is 7.05 Å². The molecule has 9 nitrogen and oxygen atoms in total. The molecule has 0 unspecified atom stereocenters. The van der Waals surface area contributed by atoms with Crippen LogP contribution in [0.15, 0.2) is 55.0 Å². The van der Waals surface area contributed by atoms with Gasteiger partial charge < -0.3 is 14.8 Å². The molecule has 1 aromatic carbocycles. The number of hydrogen-bond acceptors (Lipinski definition) is 5. The number of aromatic amines is 1. The van der Waals surface area contributed by atoms with Gasteiger partial charge in [0.2, 0.25) is 5.91 Å². The van der Waals surface area contributed by atoms with Gasteiger partial charge in [0.25, 0.3) is 5.91 Å². The van der Waals surface area contributed by atoms with Gasteiger partial charge in [0.1, 0.15) is 23.0 Å². The lowest BCUT2D eigenvalue weighted by atomic mass is 9.74. The van der Waals surface area contributed by atoms with Crippen molar-refractivity contribution in [3.8, 4) is 0 Å². The standard InChI is InChI=1S/C22H19N7O2/c1-28-11-9-23-19(28)17-22(14-4-2-3-5-15(14)26-21(22)31)8-10-29(17)20(30)16-7-6-13-12-24-27-18(13)25-16/h2-7,9,11-12,17H,8,10H2,1H3,(H,26,31)(H,24,25,27)/t17-,22+/m0/s1.